The summed E-state index contributed by atoms with van der Waals surface area (Å²) >= 11 is 1.42. The molecule has 0 aliphatic carbocycles. The van der Waals surface area contributed by atoms with Crippen molar-refractivity contribution < 1.29 is 14.3 Å². The first kappa shape index (κ1) is 18.1. The molecule has 0 radical (unpaired) electrons. The number of benzene rings is 1. The lowest BCUT2D eigenvalue weighted by Gasteiger charge is -2.35. The van der Waals surface area contributed by atoms with Crippen molar-refractivity contribution in [1.82, 2.24) is 14.3 Å². The minimum absolute atomic E-state index is 0.00656. The molecular weight excluding hydrogens is 365 g/mol. The van der Waals surface area contributed by atoms with Crippen LogP contribution in [-0.4, -0.2) is 44.5 Å². The van der Waals surface area contributed by atoms with E-state index in [0.717, 1.165) is 37.2 Å². The van der Waals surface area contributed by atoms with Gasteiger partial charge in [0.05, 0.1) is 5.69 Å². The number of aromatic nitrogens is 2. The molecule has 1 atom stereocenters. The van der Waals surface area contributed by atoms with E-state index in [9.17, 15) is 9.18 Å². The lowest BCUT2D eigenvalue weighted by molar-refractivity contribution is 0.0584. The Labute approximate surface area is 161 Å². The lowest BCUT2D eigenvalue weighted by atomic mass is 9.97. The van der Waals surface area contributed by atoms with Gasteiger partial charge in [0.15, 0.2) is 4.96 Å². The summed E-state index contributed by atoms with van der Waals surface area (Å²) in [6.45, 7) is 0.900. The molecule has 1 fully saturated rings. The van der Waals surface area contributed by atoms with Gasteiger partial charge in [0.25, 0.3) is 5.91 Å². The van der Waals surface area contributed by atoms with Gasteiger partial charge in [-0.3, -0.25) is 9.20 Å². The van der Waals surface area contributed by atoms with E-state index >= 15 is 0 Å². The molecule has 7 heteroatoms. The van der Waals surface area contributed by atoms with Crippen molar-refractivity contribution in [3.63, 3.8) is 0 Å². The fraction of sp³-hybridized carbons (Fsp3) is 0.400. The maximum Gasteiger partial charge on any atom is 0.271 e. The largest absolute Gasteiger partial charge is 0.396 e. The Bertz CT molecular complexity index is 952. The summed E-state index contributed by atoms with van der Waals surface area (Å²) in [4.78, 5) is 20.4. The van der Waals surface area contributed by atoms with Gasteiger partial charge in [-0.1, -0.05) is 12.1 Å². The number of rotatable bonds is 5. The summed E-state index contributed by atoms with van der Waals surface area (Å²) in [6, 6.07) is 6.50. The Balaban J connectivity index is 1.64. The first-order valence-electron chi connectivity index (χ1n) is 9.32. The zero-order valence-corrected chi connectivity index (χ0v) is 15.8. The number of imidazole rings is 1. The van der Waals surface area contributed by atoms with Crippen LogP contribution in [-0.2, 0) is 0 Å². The Morgan fingerprint density at radius 1 is 1.37 bits per heavy atom. The maximum absolute atomic E-state index is 13.5. The van der Waals surface area contributed by atoms with Gasteiger partial charge in [0.1, 0.15) is 11.5 Å². The molecule has 1 unspecified atom stereocenters. The van der Waals surface area contributed by atoms with Gasteiger partial charge in [-0.05, 0) is 44.2 Å². The van der Waals surface area contributed by atoms with E-state index < -0.39 is 0 Å². The molecule has 3 heterocycles. The van der Waals surface area contributed by atoms with E-state index in [1.807, 2.05) is 20.7 Å². The second-order valence-electron chi connectivity index (χ2n) is 6.92. The lowest BCUT2D eigenvalue weighted by Crippen LogP contribution is -2.44. The summed E-state index contributed by atoms with van der Waals surface area (Å²) < 4.78 is 15.3. The summed E-state index contributed by atoms with van der Waals surface area (Å²) in [5, 5.41) is 11.0. The molecule has 1 N–H and O–H groups in total. The monoisotopic (exact) mass is 387 g/mol. The van der Waals surface area contributed by atoms with Crippen LogP contribution in [0.5, 0.6) is 0 Å². The maximum atomic E-state index is 13.5. The molecule has 27 heavy (non-hydrogen) atoms. The van der Waals surface area contributed by atoms with Crippen LogP contribution in [0.1, 0.15) is 42.6 Å². The smallest absolute Gasteiger partial charge is 0.271 e. The summed E-state index contributed by atoms with van der Waals surface area (Å²) in [7, 11) is 0. The molecule has 1 amide bonds. The molecule has 1 aromatic carbocycles. The molecule has 1 aliphatic rings. The molecule has 0 spiro atoms. The number of piperidine rings is 1. The van der Waals surface area contributed by atoms with Crippen molar-refractivity contribution in [1.29, 1.82) is 0 Å². The van der Waals surface area contributed by atoms with Crippen LogP contribution in [0, 0.1) is 5.82 Å². The highest BCUT2D eigenvalue weighted by Crippen LogP contribution is 2.27. The molecule has 0 saturated carbocycles. The van der Waals surface area contributed by atoms with Crippen molar-refractivity contribution in [2.75, 3.05) is 13.2 Å². The van der Waals surface area contributed by atoms with Gasteiger partial charge in [0, 0.05) is 36.3 Å². The van der Waals surface area contributed by atoms with Crippen LogP contribution in [0.4, 0.5) is 4.39 Å². The fourth-order valence-electron chi connectivity index (χ4n) is 3.77. The minimum Gasteiger partial charge on any atom is -0.396 e. The Hall–Kier alpha value is -2.25. The molecule has 3 aromatic rings. The quantitative estimate of drug-likeness (QED) is 0.721. The predicted octanol–water partition coefficient (Wildman–Crippen LogP) is 3.97. The molecular formula is C20H22FN3O2S. The zero-order valence-electron chi connectivity index (χ0n) is 15.0. The highest BCUT2D eigenvalue weighted by Gasteiger charge is 2.29. The number of carbonyl (C=O) groups excluding carboxylic acids is 1. The van der Waals surface area contributed by atoms with Crippen molar-refractivity contribution in [3.8, 4) is 11.3 Å². The Kier molecular flexibility index (Phi) is 5.22. The Morgan fingerprint density at radius 3 is 3.07 bits per heavy atom. The standard InChI is InChI=1S/C20H22FN3O2S/c21-15-6-3-5-14(11-15)17-12-24-18(13-27-20(24)22-17)19(26)23-9-2-1-7-16(23)8-4-10-25/h3,5-6,11-13,16,25H,1-2,4,7-10H2. The number of likely N-dealkylation sites (tertiary alicyclic amines) is 1. The normalized spacial score (nSPS) is 17.6. The molecule has 142 valence electrons. The predicted molar refractivity (Wildman–Crippen MR) is 103 cm³/mol. The highest BCUT2D eigenvalue weighted by molar-refractivity contribution is 7.15. The van der Waals surface area contributed by atoms with Crippen LogP contribution in [0.3, 0.4) is 0 Å². The van der Waals surface area contributed by atoms with Gasteiger partial charge in [-0.2, -0.15) is 0 Å². The van der Waals surface area contributed by atoms with Crippen molar-refractivity contribution in [3.05, 3.63) is 47.4 Å². The van der Waals surface area contributed by atoms with Crippen LogP contribution in [0.2, 0.25) is 0 Å². The second kappa shape index (κ2) is 7.78. The Morgan fingerprint density at radius 2 is 2.26 bits per heavy atom. The fourth-order valence-corrected chi connectivity index (χ4v) is 4.61. The van der Waals surface area contributed by atoms with Crippen LogP contribution in [0.25, 0.3) is 16.2 Å². The summed E-state index contributed by atoms with van der Waals surface area (Å²) in [6.07, 6.45) is 6.45. The third kappa shape index (κ3) is 3.61. The minimum atomic E-state index is -0.305. The van der Waals surface area contributed by atoms with Gasteiger partial charge in [-0.25, -0.2) is 9.37 Å². The van der Waals surface area contributed by atoms with Crippen LogP contribution < -0.4 is 0 Å². The van der Waals surface area contributed by atoms with Gasteiger partial charge in [-0.15, -0.1) is 11.3 Å². The number of nitrogens with zero attached hydrogens (tertiary/aromatic N) is 3. The van der Waals surface area contributed by atoms with Crippen molar-refractivity contribution in [2.45, 2.75) is 38.1 Å². The number of aliphatic hydroxyl groups excluding tert-OH is 1. The molecule has 4 rings (SSSR count). The number of carbonyl (C=O) groups is 1. The first-order chi connectivity index (χ1) is 13.2. The van der Waals surface area contributed by atoms with E-state index in [0.29, 0.717) is 23.4 Å². The van der Waals surface area contributed by atoms with E-state index in [1.165, 1.54) is 23.5 Å². The van der Waals surface area contributed by atoms with E-state index in [1.54, 1.807) is 12.3 Å². The average molecular weight is 387 g/mol. The molecule has 5 nitrogen and oxygen atoms in total. The molecule has 1 aliphatic heterocycles. The van der Waals surface area contributed by atoms with E-state index in [4.69, 9.17) is 5.11 Å². The second-order valence-corrected chi connectivity index (χ2v) is 7.76. The van der Waals surface area contributed by atoms with Crippen molar-refractivity contribution >= 4 is 22.2 Å². The van der Waals surface area contributed by atoms with E-state index in [-0.39, 0.29) is 24.4 Å². The van der Waals surface area contributed by atoms with Crippen molar-refractivity contribution in [2.24, 2.45) is 0 Å². The third-order valence-electron chi connectivity index (χ3n) is 5.13. The van der Waals surface area contributed by atoms with E-state index in [2.05, 4.69) is 4.98 Å². The molecule has 1 saturated heterocycles. The number of hydrogen-bond donors (Lipinski definition) is 1. The number of thiazole rings is 1. The number of hydrogen-bond acceptors (Lipinski definition) is 4. The summed E-state index contributed by atoms with van der Waals surface area (Å²) in [5.41, 5.74) is 1.95. The third-order valence-corrected chi connectivity index (χ3v) is 5.97. The number of amides is 1. The number of aliphatic hydroxyl groups is 1. The zero-order chi connectivity index (χ0) is 18.8. The van der Waals surface area contributed by atoms with Gasteiger partial charge >= 0.3 is 0 Å². The van der Waals surface area contributed by atoms with Gasteiger partial charge in [0.2, 0.25) is 0 Å². The van der Waals surface area contributed by atoms with Gasteiger partial charge < -0.3 is 10.0 Å². The van der Waals surface area contributed by atoms with Crippen LogP contribution >= 0.6 is 11.3 Å². The number of fused-ring (bicyclic) bond motifs is 1. The molecule has 0 bridgehead atoms. The summed E-state index contributed by atoms with van der Waals surface area (Å²) in [5.74, 6) is -0.299. The topological polar surface area (TPSA) is 57.8 Å². The average Bonchev–Trinajstić information content (AvgIpc) is 3.27. The SMILES string of the molecule is O=C(c1csc2nc(-c3cccc(F)c3)cn12)N1CCCCC1CCCO. The highest BCUT2D eigenvalue weighted by atomic mass is 32.1. The van der Waals surface area contributed by atoms with Crippen LogP contribution in [0.15, 0.2) is 35.8 Å². The number of halogens is 1. The molecule has 2 aromatic heterocycles. The first-order valence-corrected chi connectivity index (χ1v) is 10.2.